The fourth-order valence-electron chi connectivity index (χ4n) is 5.48. The number of imidazole rings is 1. The van der Waals surface area contributed by atoms with E-state index >= 15 is 0 Å². The highest BCUT2D eigenvalue weighted by Crippen LogP contribution is 2.40. The number of rotatable bonds is 8. The minimum Gasteiger partial charge on any atom is -0.382 e. The summed E-state index contributed by atoms with van der Waals surface area (Å²) in [5.41, 5.74) is 14.9. The molecule has 1 saturated carbocycles. The third-order valence-corrected chi connectivity index (χ3v) is 7.47. The zero-order chi connectivity index (χ0) is 23.1. The van der Waals surface area contributed by atoms with E-state index in [1.165, 1.54) is 12.8 Å². The largest absolute Gasteiger partial charge is 0.382 e. The molecule has 10 heteroatoms. The first-order valence-corrected chi connectivity index (χ1v) is 12.4. The summed E-state index contributed by atoms with van der Waals surface area (Å²) in [6.07, 6.45) is 10.4. The van der Waals surface area contributed by atoms with Crippen LogP contribution in [0.2, 0.25) is 0 Å². The highest BCUT2D eigenvalue weighted by molar-refractivity contribution is 5.83. The van der Waals surface area contributed by atoms with E-state index in [0.717, 1.165) is 75.7 Å². The highest BCUT2D eigenvalue weighted by atomic mass is 16.5. The number of nitrogen functional groups attached to an aromatic ring is 1. The summed E-state index contributed by atoms with van der Waals surface area (Å²) in [4.78, 5) is 23.3. The van der Waals surface area contributed by atoms with Gasteiger partial charge in [-0.15, -0.1) is 0 Å². The molecule has 3 fully saturated rings. The van der Waals surface area contributed by atoms with E-state index in [-0.39, 0.29) is 0 Å². The molecule has 4 N–H and O–H groups in total. The molecule has 0 atom stereocenters. The van der Waals surface area contributed by atoms with Crippen molar-refractivity contribution in [1.29, 1.82) is 0 Å². The van der Waals surface area contributed by atoms with Gasteiger partial charge in [0.1, 0.15) is 11.3 Å². The van der Waals surface area contributed by atoms with Crippen LogP contribution in [0.4, 0.5) is 23.3 Å². The van der Waals surface area contributed by atoms with Crippen LogP contribution in [-0.2, 0) is 4.74 Å². The predicted molar refractivity (Wildman–Crippen MR) is 132 cm³/mol. The molecule has 0 bridgehead atoms. The quantitative estimate of drug-likeness (QED) is 0.485. The summed E-state index contributed by atoms with van der Waals surface area (Å²) in [6, 6.07) is 4.62. The van der Waals surface area contributed by atoms with Crippen molar-refractivity contribution in [2.24, 2.45) is 11.1 Å². The first kappa shape index (κ1) is 21.5. The first-order valence-electron chi connectivity index (χ1n) is 12.4. The maximum Gasteiger partial charge on any atom is 0.234 e. The number of pyridine rings is 1. The van der Waals surface area contributed by atoms with Gasteiger partial charge in [0.25, 0.3) is 0 Å². The number of nitrogens with two attached hydrogens (primary N) is 2. The molecule has 2 saturated heterocycles. The Labute approximate surface area is 199 Å². The van der Waals surface area contributed by atoms with Crippen molar-refractivity contribution in [2.75, 3.05) is 54.9 Å². The Morgan fingerprint density at radius 2 is 1.91 bits per heavy atom. The van der Waals surface area contributed by atoms with Gasteiger partial charge >= 0.3 is 0 Å². The summed E-state index contributed by atoms with van der Waals surface area (Å²) in [5, 5.41) is 0. The number of aromatic nitrogens is 5. The Morgan fingerprint density at radius 3 is 2.59 bits per heavy atom. The van der Waals surface area contributed by atoms with Crippen LogP contribution in [0.5, 0.6) is 0 Å². The number of ether oxygens (including phenoxy) is 1. The van der Waals surface area contributed by atoms with Crippen LogP contribution in [0, 0.1) is 5.41 Å². The second-order valence-electron chi connectivity index (χ2n) is 10.0. The van der Waals surface area contributed by atoms with Crippen LogP contribution in [0.25, 0.3) is 11.2 Å². The van der Waals surface area contributed by atoms with Gasteiger partial charge in [-0.3, -0.25) is 0 Å². The van der Waals surface area contributed by atoms with Crippen LogP contribution in [0.1, 0.15) is 44.6 Å². The number of hydrogen-bond acceptors (Lipinski definition) is 9. The number of unbranched alkanes of at least 4 members (excludes halogenated alkanes) is 1. The van der Waals surface area contributed by atoms with Crippen LogP contribution in [-0.4, -0.2) is 63.9 Å². The molecular formula is C24H33N9O. The SMILES string of the molecule is NCCCCN(c1ccc(N2CC3(COC3)C2)nc1)c1nc(N)c2ncn(C3CCCC3)c2n1. The normalized spacial score (nSPS) is 19.5. The number of fused-ring (bicyclic) bond motifs is 1. The van der Waals surface area contributed by atoms with Gasteiger partial charge in [0.2, 0.25) is 5.95 Å². The minimum atomic E-state index is 0.359. The summed E-state index contributed by atoms with van der Waals surface area (Å²) >= 11 is 0. The molecule has 34 heavy (non-hydrogen) atoms. The van der Waals surface area contributed by atoms with Crippen molar-refractivity contribution in [2.45, 2.75) is 44.6 Å². The van der Waals surface area contributed by atoms with Crippen molar-refractivity contribution in [3.05, 3.63) is 24.7 Å². The third kappa shape index (κ3) is 3.74. The number of hydrogen-bond donors (Lipinski definition) is 2. The maximum absolute atomic E-state index is 6.37. The lowest BCUT2D eigenvalue weighted by atomic mass is 9.78. The van der Waals surface area contributed by atoms with Crippen LogP contribution in [0.3, 0.4) is 0 Å². The van der Waals surface area contributed by atoms with Crippen molar-refractivity contribution in [1.82, 2.24) is 24.5 Å². The third-order valence-electron chi connectivity index (χ3n) is 7.47. The van der Waals surface area contributed by atoms with Gasteiger partial charge in [-0.1, -0.05) is 12.8 Å². The standard InChI is InChI=1S/C24H33N9O/c25-9-3-4-10-32(18-7-8-19(27-11-18)31-12-24(13-31)14-34-15-24)23-29-21(26)20-22(30-23)33(16-28-20)17-5-1-2-6-17/h7-8,11,16-17H,1-6,9-10,12-15,25H2,(H2,26,29,30). The summed E-state index contributed by atoms with van der Waals surface area (Å²) < 4.78 is 7.58. The van der Waals surface area contributed by atoms with Crippen molar-refractivity contribution >= 4 is 34.4 Å². The fourth-order valence-corrected chi connectivity index (χ4v) is 5.48. The van der Waals surface area contributed by atoms with Crippen LogP contribution >= 0.6 is 0 Å². The molecule has 5 heterocycles. The average molecular weight is 464 g/mol. The van der Waals surface area contributed by atoms with Gasteiger partial charge in [-0.2, -0.15) is 9.97 Å². The van der Waals surface area contributed by atoms with E-state index in [4.69, 9.17) is 26.2 Å². The molecule has 0 aromatic carbocycles. The lowest BCUT2D eigenvalue weighted by Gasteiger charge is -2.55. The molecular weight excluding hydrogens is 430 g/mol. The van der Waals surface area contributed by atoms with E-state index in [1.54, 1.807) is 0 Å². The summed E-state index contributed by atoms with van der Waals surface area (Å²) in [6.45, 7) is 5.17. The molecule has 0 amide bonds. The van der Waals surface area contributed by atoms with Gasteiger partial charge < -0.3 is 30.6 Å². The Hall–Kier alpha value is -2.98. The van der Waals surface area contributed by atoms with Crippen LogP contribution < -0.4 is 21.3 Å². The second-order valence-corrected chi connectivity index (χ2v) is 10.0. The molecule has 0 radical (unpaired) electrons. The first-order chi connectivity index (χ1) is 16.7. The number of anilines is 4. The maximum atomic E-state index is 6.37. The van der Waals surface area contributed by atoms with Gasteiger partial charge in [0, 0.05) is 25.7 Å². The molecule has 2 aliphatic heterocycles. The van der Waals surface area contributed by atoms with Gasteiger partial charge in [0.15, 0.2) is 11.5 Å². The van der Waals surface area contributed by atoms with Gasteiger partial charge in [-0.25, -0.2) is 9.97 Å². The minimum absolute atomic E-state index is 0.359. The monoisotopic (exact) mass is 463 g/mol. The van der Waals surface area contributed by atoms with Gasteiger partial charge in [0.05, 0.1) is 36.8 Å². The smallest absolute Gasteiger partial charge is 0.234 e. The van der Waals surface area contributed by atoms with Crippen molar-refractivity contribution in [3.63, 3.8) is 0 Å². The lowest BCUT2D eigenvalue weighted by Crippen LogP contribution is -2.66. The Kier molecular flexibility index (Phi) is 5.49. The Bertz CT molecular complexity index is 1140. The average Bonchev–Trinajstić information content (AvgIpc) is 3.45. The van der Waals surface area contributed by atoms with E-state index in [0.29, 0.717) is 35.3 Å². The van der Waals surface area contributed by atoms with Crippen molar-refractivity contribution in [3.8, 4) is 0 Å². The van der Waals surface area contributed by atoms with E-state index < -0.39 is 0 Å². The molecule has 1 spiro atoms. The molecule has 3 aliphatic rings. The molecule has 6 rings (SSSR count). The fraction of sp³-hybridized carbons (Fsp3) is 0.583. The van der Waals surface area contributed by atoms with E-state index in [2.05, 4.69) is 36.5 Å². The highest BCUT2D eigenvalue weighted by Gasteiger charge is 2.49. The van der Waals surface area contributed by atoms with Crippen molar-refractivity contribution < 1.29 is 4.74 Å². The Morgan fingerprint density at radius 1 is 1.09 bits per heavy atom. The summed E-state index contributed by atoms with van der Waals surface area (Å²) in [5.74, 6) is 2.00. The summed E-state index contributed by atoms with van der Waals surface area (Å²) in [7, 11) is 0. The molecule has 10 nitrogen and oxygen atoms in total. The Balaban J connectivity index is 1.30. The zero-order valence-corrected chi connectivity index (χ0v) is 19.6. The van der Waals surface area contributed by atoms with E-state index in [9.17, 15) is 0 Å². The lowest BCUT2D eigenvalue weighted by molar-refractivity contribution is -0.127. The zero-order valence-electron chi connectivity index (χ0n) is 19.6. The molecule has 3 aromatic rings. The molecule has 1 aliphatic carbocycles. The predicted octanol–water partition coefficient (Wildman–Crippen LogP) is 2.63. The molecule has 0 unspecified atom stereocenters. The van der Waals surface area contributed by atoms with Gasteiger partial charge in [-0.05, 0) is 44.4 Å². The number of nitrogens with zero attached hydrogens (tertiary/aromatic N) is 7. The molecule has 3 aromatic heterocycles. The topological polar surface area (TPSA) is 124 Å². The molecule has 180 valence electrons. The van der Waals surface area contributed by atoms with E-state index in [1.807, 2.05) is 12.5 Å². The second kappa shape index (κ2) is 8.66. The van der Waals surface area contributed by atoms with Crippen LogP contribution in [0.15, 0.2) is 24.7 Å².